The molecular weight excluding hydrogens is 623 g/mol. The molecule has 0 radical (unpaired) electrons. The lowest BCUT2D eigenvalue weighted by molar-refractivity contribution is -0.126. The molecule has 1 saturated carbocycles. The number of aromatic nitrogens is 2. The molecule has 10 heteroatoms. The number of halogens is 1. The quantitative estimate of drug-likeness (QED) is 0.168. The number of benzene rings is 3. The lowest BCUT2D eigenvalue weighted by Crippen LogP contribution is -2.44. The molecule has 2 aliphatic rings. The van der Waals surface area contributed by atoms with Crippen LogP contribution >= 0.6 is 0 Å². The molecule has 9 nitrogen and oxygen atoms in total. The lowest BCUT2D eigenvalue weighted by Gasteiger charge is -2.27. The summed E-state index contributed by atoms with van der Waals surface area (Å²) in [5.41, 5.74) is 1.07. The van der Waals surface area contributed by atoms with Crippen molar-refractivity contribution in [2.45, 2.75) is 50.2 Å². The Morgan fingerprint density at radius 1 is 1.04 bits per heavy atom. The molecule has 3 heterocycles. The molecule has 0 bridgehead atoms. The van der Waals surface area contributed by atoms with E-state index in [9.17, 15) is 19.1 Å². The van der Waals surface area contributed by atoms with Crippen LogP contribution in [0.4, 0.5) is 4.39 Å². The summed E-state index contributed by atoms with van der Waals surface area (Å²) >= 11 is 0. The summed E-state index contributed by atoms with van der Waals surface area (Å²) in [5, 5.41) is 18.5. The van der Waals surface area contributed by atoms with Crippen LogP contribution in [0.5, 0.6) is 11.5 Å². The number of nitrogens with one attached hydrogen (secondary N) is 2. The van der Waals surface area contributed by atoms with E-state index in [4.69, 9.17) is 14.5 Å². The maximum Gasteiger partial charge on any atom is 0.251 e. The van der Waals surface area contributed by atoms with E-state index >= 15 is 0 Å². The van der Waals surface area contributed by atoms with Gasteiger partial charge in [0.2, 0.25) is 5.91 Å². The fourth-order valence-corrected chi connectivity index (χ4v) is 6.00. The van der Waals surface area contributed by atoms with Gasteiger partial charge >= 0.3 is 0 Å². The maximum absolute atomic E-state index is 13.9. The summed E-state index contributed by atoms with van der Waals surface area (Å²) in [6.07, 6.45) is 4.38. The van der Waals surface area contributed by atoms with Gasteiger partial charge in [-0.3, -0.25) is 14.6 Å². The second-order valence-electron chi connectivity index (χ2n) is 13.2. The normalized spacial score (nSPS) is 17.9. The van der Waals surface area contributed by atoms with Crippen LogP contribution in [0.15, 0.2) is 91.1 Å². The number of hydrogen-bond acceptors (Lipinski definition) is 7. The average Bonchev–Trinajstić information content (AvgIpc) is 3.87. The van der Waals surface area contributed by atoms with E-state index in [1.54, 1.807) is 56.4 Å². The summed E-state index contributed by atoms with van der Waals surface area (Å²) in [6, 6.07) is 24.4. The summed E-state index contributed by atoms with van der Waals surface area (Å²) in [5.74, 6) is -0.109. The first-order valence-electron chi connectivity index (χ1n) is 16.4. The Bertz CT molecular complexity index is 2030. The van der Waals surface area contributed by atoms with Gasteiger partial charge in [-0.15, -0.1) is 0 Å². The third kappa shape index (κ3) is 6.69. The first kappa shape index (κ1) is 32.2. The standard InChI is InChI=1S/C39H37FN4O5/c1-38(37(46)42-18-16-24-7-4-3-5-8-24)23-48-35-30(38)21-32(44-34(35)25-10-12-28(40)13-11-25)39(2,47)22-43-36(45)27-19-26-9-6-17-41-33(26)31(20-27)49-29-14-15-29/h3-13,17,19-21,29,47H,14-16,18,22-23H2,1-2H3,(H,42,46)(H,43,45)/t38-,39-/m0/s1. The zero-order chi connectivity index (χ0) is 34.2. The van der Waals surface area contributed by atoms with Crippen molar-refractivity contribution in [2.75, 3.05) is 19.7 Å². The number of aliphatic hydroxyl groups is 1. The van der Waals surface area contributed by atoms with E-state index in [-0.39, 0.29) is 30.9 Å². The largest absolute Gasteiger partial charge is 0.489 e. The highest BCUT2D eigenvalue weighted by molar-refractivity contribution is 6.00. The predicted molar refractivity (Wildman–Crippen MR) is 183 cm³/mol. The molecule has 2 amide bonds. The molecule has 1 aliphatic heterocycles. The number of hydrogen-bond donors (Lipinski definition) is 3. The first-order chi connectivity index (χ1) is 23.6. The molecule has 2 atom stereocenters. The molecule has 250 valence electrons. The molecule has 49 heavy (non-hydrogen) atoms. The molecule has 5 aromatic rings. The van der Waals surface area contributed by atoms with Crippen molar-refractivity contribution in [3.05, 3.63) is 119 Å². The van der Waals surface area contributed by atoms with Gasteiger partial charge in [0.1, 0.15) is 46.1 Å². The molecule has 7 rings (SSSR count). The van der Waals surface area contributed by atoms with Crippen LogP contribution in [-0.4, -0.2) is 52.7 Å². The highest BCUT2D eigenvalue weighted by Crippen LogP contribution is 2.45. The van der Waals surface area contributed by atoms with Crippen LogP contribution in [0.1, 0.15) is 53.9 Å². The number of carbonyl (C=O) groups excluding carboxylic acids is 2. The Morgan fingerprint density at radius 3 is 2.57 bits per heavy atom. The Balaban J connectivity index is 1.17. The first-order valence-corrected chi connectivity index (χ1v) is 16.4. The monoisotopic (exact) mass is 660 g/mol. The van der Waals surface area contributed by atoms with Gasteiger partial charge in [-0.2, -0.15) is 0 Å². The van der Waals surface area contributed by atoms with E-state index in [1.165, 1.54) is 12.1 Å². The van der Waals surface area contributed by atoms with Crippen molar-refractivity contribution in [3.63, 3.8) is 0 Å². The van der Waals surface area contributed by atoms with Crippen molar-refractivity contribution in [1.29, 1.82) is 0 Å². The van der Waals surface area contributed by atoms with E-state index in [1.807, 2.05) is 36.4 Å². The molecule has 0 saturated heterocycles. The highest BCUT2D eigenvalue weighted by Gasteiger charge is 2.46. The van der Waals surface area contributed by atoms with E-state index in [0.717, 1.165) is 23.8 Å². The van der Waals surface area contributed by atoms with E-state index in [0.29, 0.717) is 52.4 Å². The summed E-state index contributed by atoms with van der Waals surface area (Å²) in [6.45, 7) is 3.64. The third-order valence-corrected chi connectivity index (χ3v) is 9.13. The van der Waals surface area contributed by atoms with Crippen molar-refractivity contribution >= 4 is 22.7 Å². The van der Waals surface area contributed by atoms with E-state index in [2.05, 4.69) is 15.6 Å². The fraction of sp³-hybridized carbons (Fsp3) is 0.282. The van der Waals surface area contributed by atoms with Crippen LogP contribution in [0.25, 0.3) is 22.2 Å². The predicted octanol–water partition coefficient (Wildman–Crippen LogP) is 5.62. The average molecular weight is 661 g/mol. The Morgan fingerprint density at radius 2 is 1.82 bits per heavy atom. The minimum atomic E-state index is -1.67. The van der Waals surface area contributed by atoms with Gasteiger partial charge in [0, 0.05) is 34.8 Å². The highest BCUT2D eigenvalue weighted by atomic mass is 19.1. The number of ether oxygens (including phenoxy) is 2. The Hall–Kier alpha value is -5.35. The smallest absolute Gasteiger partial charge is 0.251 e. The molecule has 0 spiro atoms. The molecule has 3 N–H and O–H groups in total. The van der Waals surface area contributed by atoms with Crippen molar-refractivity contribution < 1.29 is 28.6 Å². The Labute approximate surface area is 283 Å². The second-order valence-corrected chi connectivity index (χ2v) is 13.2. The molecule has 1 fully saturated rings. The van der Waals surface area contributed by atoms with Gasteiger partial charge in [0.25, 0.3) is 5.91 Å². The molecule has 3 aromatic carbocycles. The number of amides is 2. The number of nitrogens with zero attached hydrogens (tertiary/aromatic N) is 2. The van der Waals surface area contributed by atoms with Gasteiger partial charge in [-0.1, -0.05) is 36.4 Å². The zero-order valence-electron chi connectivity index (χ0n) is 27.3. The van der Waals surface area contributed by atoms with Crippen LogP contribution in [0.3, 0.4) is 0 Å². The van der Waals surface area contributed by atoms with Gasteiger partial charge in [-0.05, 0) is 87.2 Å². The molecule has 0 unspecified atom stereocenters. The van der Waals surface area contributed by atoms with Crippen LogP contribution in [0, 0.1) is 5.82 Å². The van der Waals surface area contributed by atoms with Gasteiger partial charge in [-0.25, -0.2) is 9.37 Å². The zero-order valence-corrected chi connectivity index (χ0v) is 27.3. The van der Waals surface area contributed by atoms with Crippen molar-refractivity contribution in [2.24, 2.45) is 0 Å². The maximum atomic E-state index is 13.9. The summed E-state index contributed by atoms with van der Waals surface area (Å²) in [7, 11) is 0. The van der Waals surface area contributed by atoms with Crippen LogP contribution in [0.2, 0.25) is 0 Å². The number of carbonyl (C=O) groups is 2. The van der Waals surface area contributed by atoms with Gasteiger partial charge in [0.15, 0.2) is 0 Å². The van der Waals surface area contributed by atoms with Gasteiger partial charge < -0.3 is 25.2 Å². The van der Waals surface area contributed by atoms with Crippen molar-refractivity contribution in [3.8, 4) is 22.8 Å². The SMILES string of the molecule is C[C@](O)(CNC(=O)c1cc(OC2CC2)c2ncccc2c1)c1cc2c(c(-c3ccc(F)cc3)n1)OC[C@]2(C)C(=O)NCCc1ccccc1. The summed E-state index contributed by atoms with van der Waals surface area (Å²) in [4.78, 5) is 36.5. The molecular formula is C39H37FN4O5. The molecule has 1 aliphatic carbocycles. The van der Waals surface area contributed by atoms with Crippen LogP contribution in [-0.2, 0) is 22.2 Å². The number of pyridine rings is 2. The van der Waals surface area contributed by atoms with Crippen LogP contribution < -0.4 is 20.1 Å². The lowest BCUT2D eigenvalue weighted by atomic mass is 9.81. The van der Waals surface area contributed by atoms with Crippen molar-refractivity contribution in [1.82, 2.24) is 20.6 Å². The Kier molecular flexibility index (Phi) is 8.50. The fourth-order valence-electron chi connectivity index (χ4n) is 6.00. The number of fused-ring (bicyclic) bond motifs is 2. The third-order valence-electron chi connectivity index (χ3n) is 9.13. The second kappa shape index (κ2) is 12.9. The minimum Gasteiger partial charge on any atom is -0.489 e. The molecule has 2 aromatic heterocycles. The minimum absolute atomic E-state index is 0.0553. The van der Waals surface area contributed by atoms with Gasteiger partial charge in [0.05, 0.1) is 18.3 Å². The van der Waals surface area contributed by atoms with E-state index < -0.39 is 22.7 Å². The summed E-state index contributed by atoms with van der Waals surface area (Å²) < 4.78 is 26.1. The topological polar surface area (TPSA) is 123 Å². The number of rotatable bonds is 11.